The monoisotopic (exact) mass is 366 g/mol. The molecule has 0 saturated heterocycles. The van der Waals surface area contributed by atoms with Crippen molar-refractivity contribution in [2.45, 2.75) is 12.7 Å². The van der Waals surface area contributed by atoms with Gasteiger partial charge in [-0.2, -0.15) is 0 Å². The molecule has 0 N–H and O–H groups in total. The molecule has 0 fully saturated rings. The van der Waals surface area contributed by atoms with Crippen LogP contribution in [-0.4, -0.2) is 25.3 Å². The first kappa shape index (κ1) is 17.0. The second-order valence-electron chi connectivity index (χ2n) is 5.96. The Balaban J connectivity index is 1.27. The lowest BCUT2D eigenvalue weighted by Crippen LogP contribution is -2.34. The minimum absolute atomic E-state index is 0.0731. The first-order valence-electron chi connectivity index (χ1n) is 8.60. The summed E-state index contributed by atoms with van der Waals surface area (Å²) in [6.07, 6.45) is -0.361. The van der Waals surface area contributed by atoms with Crippen LogP contribution in [0, 0.1) is 0 Å². The standard InChI is InChI=1S/C21H18O6/c22-21(25-14-17-13-24-18-8-4-5-9-19(18)27-17)20-11-10-16(26-20)12-23-15-6-2-1-3-7-15/h1-11,17H,12-14H2. The van der Waals surface area contributed by atoms with E-state index in [1.54, 1.807) is 12.1 Å². The molecular weight excluding hydrogens is 348 g/mol. The van der Waals surface area contributed by atoms with Crippen LogP contribution in [-0.2, 0) is 11.3 Å². The summed E-state index contributed by atoms with van der Waals surface area (Å²) in [5.41, 5.74) is 0. The summed E-state index contributed by atoms with van der Waals surface area (Å²) in [5.74, 6) is 2.17. The van der Waals surface area contributed by atoms with Crippen molar-refractivity contribution in [2.75, 3.05) is 13.2 Å². The molecule has 27 heavy (non-hydrogen) atoms. The highest BCUT2D eigenvalue weighted by Crippen LogP contribution is 2.30. The van der Waals surface area contributed by atoms with E-state index >= 15 is 0 Å². The molecule has 2 aromatic carbocycles. The second-order valence-corrected chi connectivity index (χ2v) is 5.96. The summed E-state index contributed by atoms with van der Waals surface area (Å²) < 4.78 is 27.7. The van der Waals surface area contributed by atoms with Crippen molar-refractivity contribution in [3.05, 3.63) is 78.3 Å². The van der Waals surface area contributed by atoms with Gasteiger partial charge in [0.25, 0.3) is 0 Å². The highest BCUT2D eigenvalue weighted by atomic mass is 16.6. The molecule has 6 heteroatoms. The van der Waals surface area contributed by atoms with E-state index in [9.17, 15) is 4.79 Å². The normalized spacial score (nSPS) is 15.2. The average molecular weight is 366 g/mol. The number of hydrogen-bond acceptors (Lipinski definition) is 6. The number of carbonyl (C=O) groups excluding carboxylic acids is 1. The van der Waals surface area contributed by atoms with Gasteiger partial charge in [-0.15, -0.1) is 0 Å². The van der Waals surface area contributed by atoms with E-state index in [0.717, 1.165) is 5.75 Å². The summed E-state index contributed by atoms with van der Waals surface area (Å²) in [7, 11) is 0. The Morgan fingerprint density at radius 1 is 0.963 bits per heavy atom. The first-order chi connectivity index (χ1) is 13.3. The first-order valence-corrected chi connectivity index (χ1v) is 8.60. The van der Waals surface area contributed by atoms with Crippen molar-refractivity contribution in [1.82, 2.24) is 0 Å². The van der Waals surface area contributed by atoms with E-state index in [4.69, 9.17) is 23.4 Å². The fraction of sp³-hybridized carbons (Fsp3) is 0.190. The molecule has 0 amide bonds. The summed E-state index contributed by atoms with van der Waals surface area (Å²) in [4.78, 5) is 12.2. The van der Waals surface area contributed by atoms with Gasteiger partial charge in [0.15, 0.2) is 17.6 Å². The Hall–Kier alpha value is -3.41. The van der Waals surface area contributed by atoms with Gasteiger partial charge in [0, 0.05) is 0 Å². The fourth-order valence-corrected chi connectivity index (χ4v) is 2.62. The highest BCUT2D eigenvalue weighted by Gasteiger charge is 2.23. The third kappa shape index (κ3) is 4.23. The van der Waals surface area contributed by atoms with Crippen molar-refractivity contribution < 1.29 is 28.2 Å². The molecule has 6 nitrogen and oxygen atoms in total. The number of furan rings is 1. The lowest BCUT2D eigenvalue weighted by atomic mass is 10.3. The maximum Gasteiger partial charge on any atom is 0.374 e. The van der Waals surface area contributed by atoms with Crippen LogP contribution in [0.25, 0.3) is 0 Å². The zero-order chi connectivity index (χ0) is 18.5. The van der Waals surface area contributed by atoms with Crippen LogP contribution in [0.15, 0.2) is 71.1 Å². The van der Waals surface area contributed by atoms with Crippen LogP contribution in [0.2, 0.25) is 0 Å². The molecule has 1 aromatic heterocycles. The molecule has 0 radical (unpaired) electrons. The van der Waals surface area contributed by atoms with Gasteiger partial charge in [-0.3, -0.25) is 0 Å². The molecule has 1 aliphatic heterocycles. The van der Waals surface area contributed by atoms with Crippen LogP contribution in [0.5, 0.6) is 17.2 Å². The van der Waals surface area contributed by atoms with Crippen LogP contribution in [0.3, 0.4) is 0 Å². The minimum atomic E-state index is -0.552. The molecule has 0 spiro atoms. The van der Waals surface area contributed by atoms with E-state index in [2.05, 4.69) is 0 Å². The number of para-hydroxylation sites is 3. The van der Waals surface area contributed by atoms with Crippen LogP contribution in [0.4, 0.5) is 0 Å². The Morgan fingerprint density at radius 3 is 2.59 bits per heavy atom. The van der Waals surface area contributed by atoms with Crippen molar-refractivity contribution >= 4 is 5.97 Å². The number of hydrogen-bond donors (Lipinski definition) is 0. The lowest BCUT2D eigenvalue weighted by molar-refractivity contribution is 0.00850. The SMILES string of the molecule is O=C(OCC1COc2ccccc2O1)c1ccc(COc2ccccc2)o1. The molecule has 4 rings (SSSR count). The molecule has 1 aliphatic rings. The van der Waals surface area contributed by atoms with E-state index in [-0.39, 0.29) is 25.1 Å². The van der Waals surface area contributed by atoms with Crippen molar-refractivity contribution in [3.8, 4) is 17.2 Å². The number of fused-ring (bicyclic) bond motifs is 1. The number of benzene rings is 2. The molecular formula is C21H18O6. The van der Waals surface area contributed by atoms with Gasteiger partial charge in [-0.05, 0) is 36.4 Å². The summed E-state index contributed by atoms with van der Waals surface area (Å²) in [6.45, 7) is 0.621. The molecule has 1 unspecified atom stereocenters. The van der Waals surface area contributed by atoms with Crippen molar-refractivity contribution in [1.29, 1.82) is 0 Å². The fourth-order valence-electron chi connectivity index (χ4n) is 2.62. The third-order valence-electron chi connectivity index (χ3n) is 3.95. The zero-order valence-corrected chi connectivity index (χ0v) is 14.5. The number of esters is 1. The zero-order valence-electron chi connectivity index (χ0n) is 14.5. The topological polar surface area (TPSA) is 67.1 Å². The summed E-state index contributed by atoms with van der Waals surface area (Å²) in [6, 6.07) is 20.0. The van der Waals surface area contributed by atoms with E-state index in [1.165, 1.54) is 0 Å². The molecule has 0 aliphatic carbocycles. The van der Waals surface area contributed by atoms with Gasteiger partial charge in [0.05, 0.1) is 0 Å². The van der Waals surface area contributed by atoms with E-state index in [0.29, 0.717) is 23.9 Å². The van der Waals surface area contributed by atoms with Gasteiger partial charge in [0.1, 0.15) is 31.3 Å². The minimum Gasteiger partial charge on any atom is -0.486 e. The third-order valence-corrected chi connectivity index (χ3v) is 3.95. The van der Waals surface area contributed by atoms with Crippen LogP contribution >= 0.6 is 0 Å². The predicted molar refractivity (Wildman–Crippen MR) is 96.1 cm³/mol. The maximum absolute atomic E-state index is 12.2. The smallest absolute Gasteiger partial charge is 0.374 e. The van der Waals surface area contributed by atoms with Crippen LogP contribution in [0.1, 0.15) is 16.3 Å². The lowest BCUT2D eigenvalue weighted by Gasteiger charge is -2.25. The maximum atomic E-state index is 12.2. The van der Waals surface area contributed by atoms with E-state index < -0.39 is 5.97 Å². The molecule has 2 heterocycles. The van der Waals surface area contributed by atoms with Crippen molar-refractivity contribution in [2.24, 2.45) is 0 Å². The predicted octanol–water partition coefficient (Wildman–Crippen LogP) is 3.86. The molecule has 1 atom stereocenters. The Bertz CT molecular complexity index is 902. The van der Waals surface area contributed by atoms with Crippen molar-refractivity contribution in [3.63, 3.8) is 0 Å². The quantitative estimate of drug-likeness (QED) is 0.617. The largest absolute Gasteiger partial charge is 0.486 e. The van der Waals surface area contributed by atoms with Gasteiger partial charge < -0.3 is 23.4 Å². The van der Waals surface area contributed by atoms with Gasteiger partial charge in [-0.25, -0.2) is 4.79 Å². The van der Waals surface area contributed by atoms with Gasteiger partial charge in [0.2, 0.25) is 5.76 Å². The Labute approximate surface area is 156 Å². The number of carbonyl (C=O) groups is 1. The molecule has 3 aromatic rings. The Kier molecular flexibility index (Phi) is 4.96. The Morgan fingerprint density at radius 2 is 1.74 bits per heavy atom. The second kappa shape index (κ2) is 7.86. The molecule has 0 saturated carbocycles. The van der Waals surface area contributed by atoms with E-state index in [1.807, 2.05) is 54.6 Å². The number of rotatable bonds is 6. The van der Waals surface area contributed by atoms with Crippen LogP contribution < -0.4 is 14.2 Å². The summed E-state index contributed by atoms with van der Waals surface area (Å²) in [5, 5.41) is 0. The van der Waals surface area contributed by atoms with Gasteiger partial charge >= 0.3 is 5.97 Å². The summed E-state index contributed by atoms with van der Waals surface area (Å²) >= 11 is 0. The number of ether oxygens (including phenoxy) is 4. The van der Waals surface area contributed by atoms with Gasteiger partial charge in [-0.1, -0.05) is 30.3 Å². The molecule has 0 bridgehead atoms. The highest BCUT2D eigenvalue weighted by molar-refractivity contribution is 5.86. The molecule has 138 valence electrons. The average Bonchev–Trinajstić information content (AvgIpc) is 3.20.